The van der Waals surface area contributed by atoms with Crippen LogP contribution >= 0.6 is 0 Å². The first-order valence-corrected chi connectivity index (χ1v) is 13.5. The maximum atomic E-state index is 14.1. The Balaban J connectivity index is 0.957. The number of halogens is 3. The Morgan fingerprint density at radius 3 is 2.17 bits per heavy atom. The summed E-state index contributed by atoms with van der Waals surface area (Å²) < 4.78 is 41.2. The zero-order valence-electron chi connectivity index (χ0n) is 20.3. The molecule has 0 unspecified atom stereocenters. The Kier molecular flexibility index (Phi) is 5.37. The van der Waals surface area contributed by atoms with Crippen LogP contribution in [0.4, 0.5) is 19.0 Å². The van der Waals surface area contributed by atoms with Gasteiger partial charge in [-0.25, -0.2) is 13.2 Å². The zero-order chi connectivity index (χ0) is 24.6. The average Bonchev–Trinajstić information content (AvgIpc) is 3.38. The third kappa shape index (κ3) is 3.83. The lowest BCUT2D eigenvalue weighted by Crippen LogP contribution is -2.62. The fourth-order valence-corrected chi connectivity index (χ4v) is 8.77. The molecular formula is C28H33F3N4O. The molecule has 0 amide bonds. The Bertz CT molecular complexity index is 1120. The van der Waals surface area contributed by atoms with Gasteiger partial charge in [0.25, 0.3) is 0 Å². The van der Waals surface area contributed by atoms with E-state index in [-0.39, 0.29) is 17.3 Å². The number of likely N-dealkylation sites (tertiary alicyclic amines) is 1. The number of β-amino-alcohol motifs (C(OH)–C–C–N with tert-alkyl or cyclic N) is 1. The van der Waals surface area contributed by atoms with E-state index in [0.717, 1.165) is 50.4 Å². The van der Waals surface area contributed by atoms with Gasteiger partial charge in [0.2, 0.25) is 0 Å². The summed E-state index contributed by atoms with van der Waals surface area (Å²) in [6, 6.07) is 4.96. The molecule has 4 bridgehead atoms. The highest BCUT2D eigenvalue weighted by Crippen LogP contribution is 2.58. The lowest BCUT2D eigenvalue weighted by molar-refractivity contribution is -0.181. The first kappa shape index (κ1) is 23.0. The number of nitrogens with one attached hydrogen (secondary N) is 1. The Morgan fingerprint density at radius 1 is 0.889 bits per heavy atom. The monoisotopic (exact) mass is 498 g/mol. The predicted molar refractivity (Wildman–Crippen MR) is 129 cm³/mol. The summed E-state index contributed by atoms with van der Waals surface area (Å²) in [6.07, 6.45) is 8.42. The summed E-state index contributed by atoms with van der Waals surface area (Å²) in [5.74, 6) is 1.32. The molecule has 2 N–H and O–H groups in total. The topological polar surface area (TPSA) is 61.3 Å². The van der Waals surface area contributed by atoms with E-state index in [4.69, 9.17) is 0 Å². The number of fused-ring (bicyclic) bond motifs is 1. The van der Waals surface area contributed by atoms with Crippen molar-refractivity contribution in [1.29, 1.82) is 0 Å². The summed E-state index contributed by atoms with van der Waals surface area (Å²) in [4.78, 5) is 2.54. The number of nitrogens with zero attached hydrogens (tertiary/aromatic N) is 3. The molecule has 36 heavy (non-hydrogen) atoms. The standard InChI is InChI=1S/C28H33F3N4O/c29-21-10-23(27(31)24(30)11-21)25-1-2-26(34-33-25)32-22-8-17-12-35(13-18(17)9-22)14-28(36)19-4-15-3-16(6-19)7-20(28)5-15/h1-2,10-11,15-20,22,36H,3-9,12-14H2,(H,32,34)/t15?,16?,17-,18+,19?,20?,22+,28?. The molecule has 192 valence electrons. The maximum absolute atomic E-state index is 14.1. The molecule has 8 heteroatoms. The molecule has 2 heterocycles. The molecule has 0 radical (unpaired) electrons. The number of aromatic nitrogens is 2. The quantitative estimate of drug-likeness (QED) is 0.576. The molecular weight excluding hydrogens is 465 g/mol. The highest BCUT2D eigenvalue weighted by Gasteiger charge is 2.57. The molecule has 3 atom stereocenters. The molecule has 5 aliphatic carbocycles. The molecule has 0 spiro atoms. The van der Waals surface area contributed by atoms with Crippen LogP contribution in [-0.2, 0) is 0 Å². The molecule has 8 rings (SSSR count). The SMILES string of the molecule is OC1(CN2C[C@H]3C[C@H](Nc4ccc(-c5cc(F)cc(F)c5F)nn4)C[C@H]3C2)C2CC3CC(C2)CC1C3. The molecule has 1 aromatic heterocycles. The van der Waals surface area contributed by atoms with Gasteiger partial charge in [-0.2, -0.15) is 0 Å². The van der Waals surface area contributed by atoms with Crippen molar-refractivity contribution in [2.24, 2.45) is 35.5 Å². The van der Waals surface area contributed by atoms with Crippen molar-refractivity contribution in [3.8, 4) is 11.3 Å². The maximum Gasteiger partial charge on any atom is 0.168 e. The van der Waals surface area contributed by atoms with Gasteiger partial charge < -0.3 is 10.4 Å². The summed E-state index contributed by atoms with van der Waals surface area (Å²) in [7, 11) is 0. The van der Waals surface area contributed by atoms with Crippen LogP contribution in [0.3, 0.4) is 0 Å². The molecule has 2 aromatic rings. The van der Waals surface area contributed by atoms with Crippen LogP contribution in [0.5, 0.6) is 0 Å². The first-order chi connectivity index (χ1) is 17.3. The predicted octanol–water partition coefficient (Wildman–Crippen LogP) is 4.87. The number of hydrogen-bond donors (Lipinski definition) is 2. The van der Waals surface area contributed by atoms with Crippen LogP contribution in [-0.4, -0.2) is 51.5 Å². The van der Waals surface area contributed by atoms with Gasteiger partial charge in [0, 0.05) is 37.3 Å². The van der Waals surface area contributed by atoms with Gasteiger partial charge >= 0.3 is 0 Å². The second kappa shape index (κ2) is 8.42. The van der Waals surface area contributed by atoms with E-state index in [1.165, 1.54) is 38.2 Å². The van der Waals surface area contributed by atoms with E-state index >= 15 is 0 Å². The van der Waals surface area contributed by atoms with Crippen molar-refractivity contribution in [3.05, 3.63) is 41.7 Å². The number of aliphatic hydroxyl groups is 1. The fraction of sp³-hybridized carbons (Fsp3) is 0.643. The van der Waals surface area contributed by atoms with E-state index in [1.807, 2.05) is 0 Å². The van der Waals surface area contributed by atoms with Crippen LogP contribution in [0.1, 0.15) is 44.9 Å². The second-order valence-electron chi connectivity index (χ2n) is 12.4. The fourth-order valence-electron chi connectivity index (χ4n) is 8.77. The molecule has 6 fully saturated rings. The number of anilines is 1. The highest BCUT2D eigenvalue weighted by atomic mass is 19.2. The average molecular weight is 499 g/mol. The summed E-state index contributed by atoms with van der Waals surface area (Å²) >= 11 is 0. The first-order valence-electron chi connectivity index (χ1n) is 13.5. The summed E-state index contributed by atoms with van der Waals surface area (Å²) in [6.45, 7) is 2.94. The van der Waals surface area contributed by atoms with E-state index in [0.29, 0.717) is 35.6 Å². The molecule has 5 nitrogen and oxygen atoms in total. The van der Waals surface area contributed by atoms with Crippen LogP contribution in [0.15, 0.2) is 24.3 Å². The number of benzene rings is 1. The van der Waals surface area contributed by atoms with E-state index < -0.39 is 23.1 Å². The summed E-state index contributed by atoms with van der Waals surface area (Å²) in [5, 5.41) is 23.4. The van der Waals surface area contributed by atoms with Gasteiger partial charge in [0.1, 0.15) is 11.6 Å². The molecule has 1 aliphatic heterocycles. The van der Waals surface area contributed by atoms with Gasteiger partial charge in [-0.15, -0.1) is 10.2 Å². The Labute approximate surface area is 209 Å². The minimum absolute atomic E-state index is 0.0955. The summed E-state index contributed by atoms with van der Waals surface area (Å²) in [5.41, 5.74) is -0.619. The van der Waals surface area contributed by atoms with Crippen LogP contribution in [0.25, 0.3) is 11.3 Å². The minimum Gasteiger partial charge on any atom is -0.388 e. The van der Waals surface area contributed by atoms with Crippen LogP contribution in [0, 0.1) is 53.0 Å². The van der Waals surface area contributed by atoms with Gasteiger partial charge in [-0.05, 0) is 98.7 Å². The van der Waals surface area contributed by atoms with E-state index in [2.05, 4.69) is 20.4 Å². The normalized spacial score (nSPS) is 39.1. The van der Waals surface area contributed by atoms with Crippen molar-refractivity contribution in [2.45, 2.75) is 56.6 Å². The zero-order valence-corrected chi connectivity index (χ0v) is 20.3. The van der Waals surface area contributed by atoms with Crippen LogP contribution in [0.2, 0.25) is 0 Å². The van der Waals surface area contributed by atoms with E-state index in [1.54, 1.807) is 6.07 Å². The van der Waals surface area contributed by atoms with Crippen molar-refractivity contribution in [2.75, 3.05) is 25.0 Å². The highest BCUT2D eigenvalue weighted by molar-refractivity contribution is 5.60. The van der Waals surface area contributed by atoms with Gasteiger partial charge in [-0.1, -0.05) is 0 Å². The molecule has 5 saturated carbocycles. The molecule has 1 aromatic carbocycles. The minimum atomic E-state index is -1.24. The van der Waals surface area contributed by atoms with Crippen molar-refractivity contribution >= 4 is 5.82 Å². The Morgan fingerprint density at radius 2 is 1.56 bits per heavy atom. The van der Waals surface area contributed by atoms with Gasteiger partial charge in [-0.3, -0.25) is 4.90 Å². The van der Waals surface area contributed by atoms with Crippen molar-refractivity contribution < 1.29 is 18.3 Å². The third-order valence-corrected chi connectivity index (χ3v) is 10.1. The Hall–Kier alpha value is -2.19. The molecule has 1 saturated heterocycles. The van der Waals surface area contributed by atoms with Crippen LogP contribution < -0.4 is 5.32 Å². The second-order valence-corrected chi connectivity index (χ2v) is 12.4. The van der Waals surface area contributed by atoms with Crippen molar-refractivity contribution in [1.82, 2.24) is 15.1 Å². The smallest absolute Gasteiger partial charge is 0.168 e. The van der Waals surface area contributed by atoms with Crippen molar-refractivity contribution in [3.63, 3.8) is 0 Å². The number of rotatable bonds is 5. The lowest BCUT2D eigenvalue weighted by atomic mass is 9.50. The van der Waals surface area contributed by atoms with E-state index in [9.17, 15) is 18.3 Å². The third-order valence-electron chi connectivity index (χ3n) is 10.1. The lowest BCUT2D eigenvalue weighted by Gasteiger charge is -2.59. The number of hydrogen-bond acceptors (Lipinski definition) is 5. The van der Waals surface area contributed by atoms with Gasteiger partial charge in [0.15, 0.2) is 11.6 Å². The largest absolute Gasteiger partial charge is 0.388 e. The molecule has 6 aliphatic rings. The van der Waals surface area contributed by atoms with Gasteiger partial charge in [0.05, 0.1) is 11.3 Å².